The fourth-order valence-corrected chi connectivity index (χ4v) is 2.90. The summed E-state index contributed by atoms with van der Waals surface area (Å²) in [6.45, 7) is 0.743. The summed E-state index contributed by atoms with van der Waals surface area (Å²) < 4.78 is 7.34. The van der Waals surface area contributed by atoms with Gasteiger partial charge in [0.05, 0.1) is 7.11 Å². The van der Waals surface area contributed by atoms with Crippen molar-refractivity contribution in [1.82, 2.24) is 9.38 Å². The SMILES string of the molecule is COc1ccc(-c2nc3ccccn3c2NCc2ccccc2)cc1. The third-order valence-corrected chi connectivity index (χ3v) is 4.20. The number of fused-ring (bicyclic) bond motifs is 1. The van der Waals surface area contributed by atoms with Crippen molar-refractivity contribution in [3.8, 4) is 17.0 Å². The van der Waals surface area contributed by atoms with Gasteiger partial charge in [-0.05, 0) is 42.0 Å². The van der Waals surface area contributed by atoms with Gasteiger partial charge in [0.2, 0.25) is 0 Å². The number of hydrogen-bond donors (Lipinski definition) is 1. The highest BCUT2D eigenvalue weighted by Gasteiger charge is 2.13. The second kappa shape index (κ2) is 6.69. The number of hydrogen-bond acceptors (Lipinski definition) is 3. The van der Waals surface area contributed by atoms with Crippen LogP contribution in [0.15, 0.2) is 79.0 Å². The fourth-order valence-electron chi connectivity index (χ4n) is 2.90. The number of benzene rings is 2. The summed E-state index contributed by atoms with van der Waals surface area (Å²) in [6.07, 6.45) is 2.03. The van der Waals surface area contributed by atoms with Gasteiger partial charge in [0.15, 0.2) is 0 Å². The van der Waals surface area contributed by atoms with Crippen LogP contribution in [-0.4, -0.2) is 16.5 Å². The third kappa shape index (κ3) is 3.06. The maximum Gasteiger partial charge on any atom is 0.139 e. The first-order chi connectivity index (χ1) is 12.3. The number of nitrogens with one attached hydrogen (secondary N) is 1. The standard InChI is InChI=1S/C21H19N3O/c1-25-18-12-10-17(11-13-18)20-21(22-15-16-7-3-2-4-8-16)24-14-6-5-9-19(24)23-20/h2-14,22H,15H2,1H3. The molecule has 124 valence electrons. The highest BCUT2D eigenvalue weighted by atomic mass is 16.5. The fraction of sp³-hybridized carbons (Fsp3) is 0.0952. The molecule has 0 bridgehead atoms. The number of rotatable bonds is 5. The van der Waals surface area contributed by atoms with E-state index in [9.17, 15) is 0 Å². The third-order valence-electron chi connectivity index (χ3n) is 4.20. The molecule has 4 heteroatoms. The van der Waals surface area contributed by atoms with E-state index in [0.717, 1.165) is 35.0 Å². The molecule has 0 fully saturated rings. The van der Waals surface area contributed by atoms with Crippen molar-refractivity contribution in [2.24, 2.45) is 0 Å². The Morgan fingerprint density at radius 3 is 2.44 bits per heavy atom. The first-order valence-corrected chi connectivity index (χ1v) is 8.24. The van der Waals surface area contributed by atoms with Gasteiger partial charge in [0.1, 0.15) is 22.9 Å². The van der Waals surface area contributed by atoms with Crippen LogP contribution < -0.4 is 10.1 Å². The zero-order chi connectivity index (χ0) is 17.1. The lowest BCUT2D eigenvalue weighted by Crippen LogP contribution is -2.03. The number of nitrogens with zero attached hydrogens (tertiary/aromatic N) is 2. The average molecular weight is 329 g/mol. The van der Waals surface area contributed by atoms with Crippen LogP contribution in [0.3, 0.4) is 0 Å². The van der Waals surface area contributed by atoms with Gasteiger partial charge in [-0.1, -0.05) is 36.4 Å². The van der Waals surface area contributed by atoms with Crippen LogP contribution >= 0.6 is 0 Å². The normalized spacial score (nSPS) is 10.8. The van der Waals surface area contributed by atoms with E-state index in [4.69, 9.17) is 9.72 Å². The molecule has 0 aliphatic rings. The molecule has 4 aromatic rings. The molecule has 0 amide bonds. The second-order valence-electron chi connectivity index (χ2n) is 5.81. The quantitative estimate of drug-likeness (QED) is 0.580. The maximum absolute atomic E-state index is 5.26. The van der Waals surface area contributed by atoms with E-state index < -0.39 is 0 Å². The zero-order valence-electron chi connectivity index (χ0n) is 14.0. The van der Waals surface area contributed by atoms with Crippen molar-refractivity contribution in [1.29, 1.82) is 0 Å². The Bertz CT molecular complexity index is 975. The number of imidazole rings is 1. The average Bonchev–Trinajstić information content (AvgIpc) is 3.06. The van der Waals surface area contributed by atoms with Crippen LogP contribution in [-0.2, 0) is 6.54 Å². The van der Waals surface area contributed by atoms with Crippen molar-refractivity contribution in [2.45, 2.75) is 6.54 Å². The molecule has 2 aromatic heterocycles. The lowest BCUT2D eigenvalue weighted by Gasteiger charge is -2.09. The Balaban J connectivity index is 1.74. The maximum atomic E-state index is 5.26. The van der Waals surface area contributed by atoms with Crippen molar-refractivity contribution >= 4 is 11.5 Å². The molecule has 0 unspecified atom stereocenters. The van der Waals surface area contributed by atoms with Crippen LogP contribution in [0.5, 0.6) is 5.75 Å². The molecule has 0 spiro atoms. The van der Waals surface area contributed by atoms with E-state index in [1.807, 2.05) is 54.7 Å². The summed E-state index contributed by atoms with van der Waals surface area (Å²) in [5.41, 5.74) is 4.14. The molecule has 25 heavy (non-hydrogen) atoms. The number of pyridine rings is 1. The number of aromatic nitrogens is 2. The lowest BCUT2D eigenvalue weighted by atomic mass is 10.1. The van der Waals surface area contributed by atoms with Crippen molar-refractivity contribution < 1.29 is 4.74 Å². The van der Waals surface area contributed by atoms with Crippen molar-refractivity contribution in [3.63, 3.8) is 0 Å². The Labute approximate surface area is 146 Å². The van der Waals surface area contributed by atoms with Crippen LogP contribution in [0, 0.1) is 0 Å². The molecule has 1 N–H and O–H groups in total. The predicted octanol–water partition coefficient (Wildman–Crippen LogP) is 4.62. The van der Waals surface area contributed by atoms with E-state index in [1.54, 1.807) is 7.11 Å². The minimum atomic E-state index is 0.743. The van der Waals surface area contributed by atoms with Crippen LogP contribution in [0.4, 0.5) is 5.82 Å². The summed E-state index contributed by atoms with van der Waals surface area (Å²) in [7, 11) is 1.67. The van der Waals surface area contributed by atoms with Gasteiger partial charge in [0, 0.05) is 18.3 Å². The van der Waals surface area contributed by atoms with E-state index in [-0.39, 0.29) is 0 Å². The van der Waals surface area contributed by atoms with Gasteiger partial charge in [-0.25, -0.2) is 4.98 Å². The van der Waals surface area contributed by atoms with E-state index in [0.29, 0.717) is 0 Å². The van der Waals surface area contributed by atoms with Crippen molar-refractivity contribution in [2.75, 3.05) is 12.4 Å². The van der Waals surface area contributed by atoms with Crippen molar-refractivity contribution in [3.05, 3.63) is 84.6 Å². The summed E-state index contributed by atoms with van der Waals surface area (Å²) in [4.78, 5) is 4.81. The van der Waals surface area contributed by atoms with Gasteiger partial charge < -0.3 is 10.1 Å². The molecule has 4 nitrogen and oxygen atoms in total. The van der Waals surface area contributed by atoms with Gasteiger partial charge >= 0.3 is 0 Å². The number of methoxy groups -OCH3 is 1. The first kappa shape index (κ1) is 15.3. The molecule has 0 radical (unpaired) electrons. The molecule has 0 saturated carbocycles. The highest BCUT2D eigenvalue weighted by Crippen LogP contribution is 2.30. The van der Waals surface area contributed by atoms with Crippen LogP contribution in [0.25, 0.3) is 16.9 Å². The summed E-state index contributed by atoms with van der Waals surface area (Å²) in [5, 5.41) is 3.55. The summed E-state index contributed by atoms with van der Waals surface area (Å²) in [5.74, 6) is 1.83. The predicted molar refractivity (Wildman–Crippen MR) is 101 cm³/mol. The van der Waals surface area contributed by atoms with Gasteiger partial charge in [-0.2, -0.15) is 0 Å². The molecular weight excluding hydrogens is 310 g/mol. The minimum absolute atomic E-state index is 0.743. The number of anilines is 1. The van der Waals surface area contributed by atoms with E-state index >= 15 is 0 Å². The second-order valence-corrected chi connectivity index (χ2v) is 5.81. The topological polar surface area (TPSA) is 38.6 Å². The Hall–Kier alpha value is -3.27. The van der Waals surface area contributed by atoms with Gasteiger partial charge in [-0.3, -0.25) is 4.40 Å². The van der Waals surface area contributed by atoms with E-state index in [1.165, 1.54) is 5.56 Å². The molecule has 4 rings (SSSR count). The van der Waals surface area contributed by atoms with Gasteiger partial charge in [-0.15, -0.1) is 0 Å². The Morgan fingerprint density at radius 2 is 1.68 bits per heavy atom. The zero-order valence-corrected chi connectivity index (χ0v) is 14.0. The molecule has 0 atom stereocenters. The smallest absolute Gasteiger partial charge is 0.139 e. The summed E-state index contributed by atoms with van der Waals surface area (Å²) in [6, 6.07) is 24.4. The molecule has 2 aromatic carbocycles. The minimum Gasteiger partial charge on any atom is -0.497 e. The summed E-state index contributed by atoms with van der Waals surface area (Å²) >= 11 is 0. The Kier molecular flexibility index (Phi) is 4.09. The number of ether oxygens (including phenoxy) is 1. The molecule has 0 saturated heterocycles. The largest absolute Gasteiger partial charge is 0.497 e. The van der Waals surface area contributed by atoms with Gasteiger partial charge in [0.25, 0.3) is 0 Å². The molecule has 2 heterocycles. The van der Waals surface area contributed by atoms with Crippen LogP contribution in [0.2, 0.25) is 0 Å². The molecular formula is C21H19N3O. The monoisotopic (exact) mass is 329 g/mol. The van der Waals surface area contributed by atoms with E-state index in [2.05, 4.69) is 34.0 Å². The molecule has 0 aliphatic heterocycles. The Morgan fingerprint density at radius 1 is 0.920 bits per heavy atom. The molecule has 0 aliphatic carbocycles. The van der Waals surface area contributed by atoms with Crippen LogP contribution in [0.1, 0.15) is 5.56 Å². The first-order valence-electron chi connectivity index (χ1n) is 8.24. The lowest BCUT2D eigenvalue weighted by molar-refractivity contribution is 0.415. The highest BCUT2D eigenvalue weighted by molar-refractivity contribution is 5.76.